The van der Waals surface area contributed by atoms with Gasteiger partial charge < -0.3 is 20.1 Å². The molecule has 5 heteroatoms. The molecule has 0 spiro atoms. The van der Waals surface area contributed by atoms with Crippen molar-refractivity contribution in [3.8, 4) is 11.5 Å². The second kappa shape index (κ2) is 10.2. The van der Waals surface area contributed by atoms with Crippen molar-refractivity contribution in [1.29, 1.82) is 0 Å². The first-order chi connectivity index (χ1) is 14.1. The lowest BCUT2D eigenvalue weighted by Gasteiger charge is -2.12. The molecule has 0 aliphatic rings. The Bertz CT molecular complexity index is 942. The number of nitrogens with one attached hydrogen (secondary N) is 2. The molecule has 3 aromatic rings. The minimum atomic E-state index is -0.0960. The zero-order valence-electron chi connectivity index (χ0n) is 16.8. The first kappa shape index (κ1) is 20.3. The Morgan fingerprint density at radius 3 is 2.34 bits per heavy atom. The molecule has 1 amide bonds. The topological polar surface area (TPSA) is 59.6 Å². The van der Waals surface area contributed by atoms with Crippen LogP contribution in [0, 0.1) is 13.8 Å². The molecule has 0 fully saturated rings. The van der Waals surface area contributed by atoms with E-state index in [4.69, 9.17) is 9.47 Å². The summed E-state index contributed by atoms with van der Waals surface area (Å²) in [4.78, 5) is 12.3. The Hall–Kier alpha value is -3.47. The number of ether oxygens (including phenoxy) is 2. The standard InChI is InChI=1S/C24H26N2O3/c1-18-11-12-19(2)23(15-18)26-24(27)17-25-20-7-6-10-22(16-20)29-14-13-28-21-8-4-3-5-9-21/h3-12,15-16,25H,13-14,17H2,1-2H3,(H,26,27). The normalized spacial score (nSPS) is 10.3. The van der Waals surface area contributed by atoms with Gasteiger partial charge in [-0.05, 0) is 55.3 Å². The van der Waals surface area contributed by atoms with E-state index < -0.39 is 0 Å². The molecule has 0 heterocycles. The molecule has 3 aromatic carbocycles. The number of hydrogen-bond donors (Lipinski definition) is 2. The molecule has 0 saturated carbocycles. The number of rotatable bonds is 9. The summed E-state index contributed by atoms with van der Waals surface area (Å²) in [6, 6.07) is 23.2. The Labute approximate surface area is 171 Å². The number of aryl methyl sites for hydroxylation is 2. The minimum Gasteiger partial charge on any atom is -0.490 e. The zero-order valence-corrected chi connectivity index (χ0v) is 16.8. The maximum atomic E-state index is 12.3. The van der Waals surface area contributed by atoms with Crippen molar-refractivity contribution in [3.05, 3.63) is 83.9 Å². The summed E-state index contributed by atoms with van der Waals surface area (Å²) in [6.45, 7) is 5.05. The highest BCUT2D eigenvalue weighted by Crippen LogP contribution is 2.18. The van der Waals surface area contributed by atoms with E-state index in [0.717, 1.165) is 34.0 Å². The number of carbonyl (C=O) groups is 1. The molecule has 0 aromatic heterocycles. The van der Waals surface area contributed by atoms with Crippen LogP contribution >= 0.6 is 0 Å². The van der Waals surface area contributed by atoms with Gasteiger partial charge in [-0.25, -0.2) is 0 Å². The van der Waals surface area contributed by atoms with Gasteiger partial charge in [0, 0.05) is 17.4 Å². The van der Waals surface area contributed by atoms with E-state index in [-0.39, 0.29) is 12.5 Å². The first-order valence-electron chi connectivity index (χ1n) is 9.62. The molecular formula is C24H26N2O3. The number of amides is 1. The van der Waals surface area contributed by atoms with Gasteiger partial charge in [0.2, 0.25) is 5.91 Å². The molecule has 0 saturated heterocycles. The third-order valence-corrected chi connectivity index (χ3v) is 4.32. The van der Waals surface area contributed by atoms with E-state index in [1.165, 1.54) is 0 Å². The van der Waals surface area contributed by atoms with Gasteiger partial charge in [-0.3, -0.25) is 4.79 Å². The summed E-state index contributed by atoms with van der Waals surface area (Å²) in [5.41, 5.74) is 3.81. The number of para-hydroxylation sites is 1. The highest BCUT2D eigenvalue weighted by atomic mass is 16.5. The van der Waals surface area contributed by atoms with Gasteiger partial charge in [0.1, 0.15) is 24.7 Å². The average Bonchev–Trinajstić information content (AvgIpc) is 2.73. The highest BCUT2D eigenvalue weighted by molar-refractivity contribution is 5.94. The lowest BCUT2D eigenvalue weighted by Crippen LogP contribution is -2.22. The van der Waals surface area contributed by atoms with Crippen LogP contribution in [-0.4, -0.2) is 25.7 Å². The fraction of sp³-hybridized carbons (Fsp3) is 0.208. The second-order valence-electron chi connectivity index (χ2n) is 6.76. The van der Waals surface area contributed by atoms with Gasteiger partial charge in [-0.1, -0.05) is 36.4 Å². The van der Waals surface area contributed by atoms with Crippen LogP contribution < -0.4 is 20.1 Å². The van der Waals surface area contributed by atoms with Crippen LogP contribution in [0.1, 0.15) is 11.1 Å². The molecule has 5 nitrogen and oxygen atoms in total. The summed E-state index contributed by atoms with van der Waals surface area (Å²) in [5, 5.41) is 6.08. The molecule has 2 N–H and O–H groups in total. The monoisotopic (exact) mass is 390 g/mol. The molecule has 0 aliphatic heterocycles. The van der Waals surface area contributed by atoms with E-state index in [0.29, 0.717) is 13.2 Å². The van der Waals surface area contributed by atoms with Crippen molar-refractivity contribution in [2.24, 2.45) is 0 Å². The van der Waals surface area contributed by atoms with E-state index in [1.54, 1.807) is 0 Å². The Kier molecular flexibility index (Phi) is 7.11. The highest BCUT2D eigenvalue weighted by Gasteiger charge is 2.06. The summed E-state index contributed by atoms with van der Waals surface area (Å²) in [7, 11) is 0. The quantitative estimate of drug-likeness (QED) is 0.515. The molecular weight excluding hydrogens is 364 g/mol. The maximum absolute atomic E-state index is 12.3. The van der Waals surface area contributed by atoms with Crippen LogP contribution in [0.25, 0.3) is 0 Å². The zero-order chi connectivity index (χ0) is 20.5. The summed E-state index contributed by atoms with van der Waals surface area (Å²) < 4.78 is 11.4. The van der Waals surface area contributed by atoms with Gasteiger partial charge in [-0.2, -0.15) is 0 Å². The lowest BCUT2D eigenvalue weighted by atomic mass is 10.1. The van der Waals surface area contributed by atoms with Crippen molar-refractivity contribution in [2.45, 2.75) is 13.8 Å². The fourth-order valence-electron chi connectivity index (χ4n) is 2.78. The lowest BCUT2D eigenvalue weighted by molar-refractivity contribution is -0.114. The van der Waals surface area contributed by atoms with Gasteiger partial charge >= 0.3 is 0 Å². The van der Waals surface area contributed by atoms with Crippen LogP contribution in [0.3, 0.4) is 0 Å². The number of benzene rings is 3. The Balaban J connectivity index is 1.44. The largest absolute Gasteiger partial charge is 0.490 e. The van der Waals surface area contributed by atoms with E-state index in [2.05, 4.69) is 10.6 Å². The predicted octanol–water partition coefficient (Wildman–Crippen LogP) is 4.81. The van der Waals surface area contributed by atoms with E-state index >= 15 is 0 Å². The molecule has 0 aliphatic carbocycles. The maximum Gasteiger partial charge on any atom is 0.243 e. The summed E-state index contributed by atoms with van der Waals surface area (Å²) in [5.74, 6) is 1.45. The predicted molar refractivity (Wildman–Crippen MR) is 117 cm³/mol. The van der Waals surface area contributed by atoms with Crippen molar-refractivity contribution in [1.82, 2.24) is 0 Å². The Morgan fingerprint density at radius 2 is 1.55 bits per heavy atom. The SMILES string of the molecule is Cc1ccc(C)c(NC(=O)CNc2cccc(OCCOc3ccccc3)c2)c1. The third-order valence-electron chi connectivity index (χ3n) is 4.32. The van der Waals surface area contributed by atoms with Gasteiger partial charge in [0.15, 0.2) is 0 Å². The van der Waals surface area contributed by atoms with E-state index in [1.807, 2.05) is 86.6 Å². The molecule has 3 rings (SSSR count). The second-order valence-corrected chi connectivity index (χ2v) is 6.76. The molecule has 29 heavy (non-hydrogen) atoms. The van der Waals surface area contributed by atoms with Crippen LogP contribution in [0.15, 0.2) is 72.8 Å². The van der Waals surface area contributed by atoms with E-state index in [9.17, 15) is 4.79 Å². The van der Waals surface area contributed by atoms with Gasteiger partial charge in [0.05, 0.1) is 6.54 Å². The minimum absolute atomic E-state index is 0.0960. The molecule has 0 unspecified atom stereocenters. The van der Waals surface area contributed by atoms with Crippen molar-refractivity contribution >= 4 is 17.3 Å². The third kappa shape index (κ3) is 6.57. The van der Waals surface area contributed by atoms with Crippen LogP contribution in [-0.2, 0) is 4.79 Å². The number of anilines is 2. The Morgan fingerprint density at radius 1 is 0.828 bits per heavy atom. The van der Waals surface area contributed by atoms with Crippen molar-refractivity contribution in [3.63, 3.8) is 0 Å². The van der Waals surface area contributed by atoms with Crippen LogP contribution in [0.4, 0.5) is 11.4 Å². The molecule has 0 bridgehead atoms. The van der Waals surface area contributed by atoms with Crippen molar-refractivity contribution < 1.29 is 14.3 Å². The summed E-state index contributed by atoms with van der Waals surface area (Å²) >= 11 is 0. The molecule has 150 valence electrons. The first-order valence-corrected chi connectivity index (χ1v) is 9.62. The van der Waals surface area contributed by atoms with Gasteiger partial charge in [-0.15, -0.1) is 0 Å². The van der Waals surface area contributed by atoms with Gasteiger partial charge in [0.25, 0.3) is 0 Å². The van der Waals surface area contributed by atoms with Crippen molar-refractivity contribution in [2.75, 3.05) is 30.4 Å². The molecule has 0 atom stereocenters. The molecule has 0 radical (unpaired) electrons. The number of carbonyl (C=O) groups excluding carboxylic acids is 1. The smallest absolute Gasteiger partial charge is 0.243 e. The van der Waals surface area contributed by atoms with Crippen LogP contribution in [0.5, 0.6) is 11.5 Å². The fourth-order valence-corrected chi connectivity index (χ4v) is 2.78. The number of hydrogen-bond acceptors (Lipinski definition) is 4. The summed E-state index contributed by atoms with van der Waals surface area (Å²) in [6.07, 6.45) is 0. The van der Waals surface area contributed by atoms with Crippen LogP contribution in [0.2, 0.25) is 0 Å². The average molecular weight is 390 g/mol.